The van der Waals surface area contributed by atoms with Gasteiger partial charge in [-0.2, -0.15) is 18.4 Å². The molecule has 1 heterocycles. The minimum absolute atomic E-state index is 0.0671. The Labute approximate surface area is 135 Å². The standard InChI is InChI=1S/C16H13F3N2O3/c1-8-12(15(22)23-2)13(11(7-20)14(21)24-8)9-4-3-5-10(6-9)16(17,18)19/h3-6,13H,21H2,1-2H3/t13-/m1/s1. The average Bonchev–Trinajstić information content (AvgIpc) is 2.53. The van der Waals surface area contributed by atoms with Crippen molar-refractivity contribution in [3.05, 3.63) is 58.2 Å². The van der Waals surface area contributed by atoms with Crippen LogP contribution in [0.2, 0.25) is 0 Å². The number of halogens is 3. The number of carbonyl (C=O) groups excluding carboxylic acids is 1. The second-order valence-electron chi connectivity index (χ2n) is 5.01. The average molecular weight is 338 g/mol. The number of allylic oxidation sites excluding steroid dienone is 2. The van der Waals surface area contributed by atoms with E-state index >= 15 is 0 Å². The molecule has 5 nitrogen and oxygen atoms in total. The lowest BCUT2D eigenvalue weighted by molar-refractivity contribution is -0.137. The first-order valence-electron chi connectivity index (χ1n) is 6.74. The maximum atomic E-state index is 13.0. The molecule has 1 aromatic carbocycles. The molecule has 0 aliphatic carbocycles. The molecular formula is C16H13F3N2O3. The maximum Gasteiger partial charge on any atom is 0.416 e. The number of esters is 1. The van der Waals surface area contributed by atoms with E-state index in [9.17, 15) is 23.2 Å². The molecule has 24 heavy (non-hydrogen) atoms. The van der Waals surface area contributed by atoms with Crippen molar-refractivity contribution in [2.45, 2.75) is 19.0 Å². The zero-order valence-corrected chi connectivity index (χ0v) is 12.8. The first kappa shape index (κ1) is 17.4. The molecule has 0 fully saturated rings. The van der Waals surface area contributed by atoms with Gasteiger partial charge in [-0.25, -0.2) is 4.79 Å². The molecule has 2 N–H and O–H groups in total. The van der Waals surface area contributed by atoms with Crippen molar-refractivity contribution in [1.29, 1.82) is 5.26 Å². The van der Waals surface area contributed by atoms with E-state index in [1.807, 2.05) is 0 Å². The molecule has 0 saturated heterocycles. The van der Waals surface area contributed by atoms with Crippen LogP contribution < -0.4 is 5.73 Å². The fraction of sp³-hybridized carbons (Fsp3) is 0.250. The first-order valence-corrected chi connectivity index (χ1v) is 6.74. The van der Waals surface area contributed by atoms with E-state index in [1.165, 1.54) is 19.1 Å². The molecule has 8 heteroatoms. The lowest BCUT2D eigenvalue weighted by Gasteiger charge is -2.26. The van der Waals surface area contributed by atoms with Gasteiger partial charge in [0.15, 0.2) is 0 Å². The number of rotatable bonds is 2. The highest BCUT2D eigenvalue weighted by Gasteiger charge is 2.37. The number of ether oxygens (including phenoxy) is 2. The van der Waals surface area contributed by atoms with Gasteiger partial charge in [-0.3, -0.25) is 0 Å². The largest absolute Gasteiger partial charge is 0.466 e. The van der Waals surface area contributed by atoms with Gasteiger partial charge in [0, 0.05) is 0 Å². The summed E-state index contributed by atoms with van der Waals surface area (Å²) in [5.41, 5.74) is 4.63. The lowest BCUT2D eigenvalue weighted by atomic mass is 9.82. The number of nitrogens with zero attached hydrogens (tertiary/aromatic N) is 1. The normalized spacial score (nSPS) is 18.1. The zero-order valence-electron chi connectivity index (χ0n) is 12.8. The van der Waals surface area contributed by atoms with Crippen molar-refractivity contribution in [2.75, 3.05) is 7.11 Å². The predicted octanol–water partition coefficient (Wildman–Crippen LogP) is 2.96. The first-order chi connectivity index (χ1) is 11.2. The smallest absolute Gasteiger partial charge is 0.416 e. The van der Waals surface area contributed by atoms with Gasteiger partial charge >= 0.3 is 12.1 Å². The number of benzene rings is 1. The molecule has 1 aliphatic heterocycles. The summed E-state index contributed by atoms with van der Waals surface area (Å²) in [5, 5.41) is 9.32. The van der Waals surface area contributed by atoms with E-state index in [-0.39, 0.29) is 28.4 Å². The van der Waals surface area contributed by atoms with Crippen LogP contribution in [0.25, 0.3) is 0 Å². The van der Waals surface area contributed by atoms with Crippen molar-refractivity contribution in [3.8, 4) is 6.07 Å². The van der Waals surface area contributed by atoms with Crippen molar-refractivity contribution in [2.24, 2.45) is 5.73 Å². The number of hydrogen-bond acceptors (Lipinski definition) is 5. The Kier molecular flexibility index (Phi) is 4.55. The quantitative estimate of drug-likeness (QED) is 0.838. The maximum absolute atomic E-state index is 13.0. The van der Waals surface area contributed by atoms with Gasteiger partial charge in [0.1, 0.15) is 17.4 Å². The molecule has 2 rings (SSSR count). The molecular weight excluding hydrogens is 325 g/mol. The number of nitrogens with two attached hydrogens (primary N) is 1. The summed E-state index contributed by atoms with van der Waals surface area (Å²) in [6.07, 6.45) is -4.56. The summed E-state index contributed by atoms with van der Waals surface area (Å²) in [7, 11) is 1.12. The second-order valence-corrected chi connectivity index (χ2v) is 5.01. The highest BCUT2D eigenvalue weighted by molar-refractivity contribution is 5.92. The van der Waals surface area contributed by atoms with Crippen LogP contribution in [0.1, 0.15) is 24.0 Å². The van der Waals surface area contributed by atoms with E-state index in [0.717, 1.165) is 19.2 Å². The van der Waals surface area contributed by atoms with E-state index in [1.54, 1.807) is 6.07 Å². The van der Waals surface area contributed by atoms with E-state index in [4.69, 9.17) is 10.5 Å². The van der Waals surface area contributed by atoms with E-state index in [0.29, 0.717) is 0 Å². The Hall–Kier alpha value is -2.95. The lowest BCUT2D eigenvalue weighted by Crippen LogP contribution is -2.25. The van der Waals surface area contributed by atoms with Crippen molar-refractivity contribution < 1.29 is 27.4 Å². The summed E-state index contributed by atoms with van der Waals surface area (Å²) in [6.45, 7) is 1.42. The minimum Gasteiger partial charge on any atom is -0.466 e. The topological polar surface area (TPSA) is 85.3 Å². The Morgan fingerprint density at radius 3 is 2.62 bits per heavy atom. The third-order valence-electron chi connectivity index (χ3n) is 3.56. The van der Waals surface area contributed by atoms with Crippen LogP contribution in [-0.2, 0) is 20.4 Å². The van der Waals surface area contributed by atoms with Crippen LogP contribution >= 0.6 is 0 Å². The molecule has 0 amide bonds. The molecule has 1 atom stereocenters. The molecule has 0 bridgehead atoms. The summed E-state index contributed by atoms with van der Waals surface area (Å²) < 4.78 is 48.7. The molecule has 0 radical (unpaired) electrons. The highest BCUT2D eigenvalue weighted by Crippen LogP contribution is 2.41. The van der Waals surface area contributed by atoms with Crippen LogP contribution in [-0.4, -0.2) is 13.1 Å². The molecule has 0 saturated carbocycles. The van der Waals surface area contributed by atoms with Gasteiger partial charge < -0.3 is 15.2 Å². The van der Waals surface area contributed by atoms with Crippen molar-refractivity contribution >= 4 is 5.97 Å². The Morgan fingerprint density at radius 2 is 2.08 bits per heavy atom. The van der Waals surface area contributed by atoms with Gasteiger partial charge in [-0.1, -0.05) is 18.2 Å². The summed E-state index contributed by atoms with van der Waals surface area (Å²) in [5.74, 6) is -2.10. The molecule has 126 valence electrons. The van der Waals surface area contributed by atoms with Crippen molar-refractivity contribution in [3.63, 3.8) is 0 Å². The van der Waals surface area contributed by atoms with Crippen LogP contribution in [0.4, 0.5) is 13.2 Å². The van der Waals surface area contributed by atoms with E-state index in [2.05, 4.69) is 4.74 Å². The van der Waals surface area contributed by atoms with Gasteiger partial charge in [0.2, 0.25) is 5.88 Å². The number of alkyl halides is 3. The zero-order chi connectivity index (χ0) is 18.1. The van der Waals surface area contributed by atoms with Crippen LogP contribution in [0.3, 0.4) is 0 Å². The van der Waals surface area contributed by atoms with Gasteiger partial charge in [-0.15, -0.1) is 0 Å². The number of carbonyl (C=O) groups is 1. The number of hydrogen-bond donors (Lipinski definition) is 1. The molecule has 0 aromatic heterocycles. The van der Waals surface area contributed by atoms with Gasteiger partial charge in [-0.05, 0) is 18.6 Å². The van der Waals surface area contributed by atoms with Crippen molar-refractivity contribution in [1.82, 2.24) is 0 Å². The van der Waals surface area contributed by atoms with Crippen LogP contribution in [0, 0.1) is 11.3 Å². The number of nitriles is 1. The third-order valence-corrected chi connectivity index (χ3v) is 3.56. The van der Waals surface area contributed by atoms with Gasteiger partial charge in [0.25, 0.3) is 0 Å². The second kappa shape index (κ2) is 6.28. The Bertz CT molecular complexity index is 788. The van der Waals surface area contributed by atoms with Crippen LogP contribution in [0.5, 0.6) is 0 Å². The molecule has 1 aliphatic rings. The number of methoxy groups -OCH3 is 1. The molecule has 0 unspecified atom stereocenters. The summed E-state index contributed by atoms with van der Waals surface area (Å²) in [6, 6.07) is 6.15. The van der Waals surface area contributed by atoms with E-state index < -0.39 is 23.6 Å². The third kappa shape index (κ3) is 3.06. The summed E-state index contributed by atoms with van der Waals surface area (Å²) in [4.78, 5) is 12.1. The van der Waals surface area contributed by atoms with Gasteiger partial charge in [0.05, 0.1) is 24.2 Å². The highest BCUT2D eigenvalue weighted by atomic mass is 19.4. The Balaban J connectivity index is 2.68. The minimum atomic E-state index is -4.56. The van der Waals surface area contributed by atoms with Crippen LogP contribution in [0.15, 0.2) is 47.1 Å². The molecule has 0 spiro atoms. The monoisotopic (exact) mass is 338 g/mol. The summed E-state index contributed by atoms with van der Waals surface area (Å²) >= 11 is 0. The SMILES string of the molecule is COC(=O)C1=C(C)OC(N)=C(C#N)[C@H]1c1cccc(C(F)(F)F)c1. The fourth-order valence-electron chi connectivity index (χ4n) is 2.48. The molecule has 1 aromatic rings. The predicted molar refractivity (Wildman–Crippen MR) is 76.8 cm³/mol. The fourth-order valence-corrected chi connectivity index (χ4v) is 2.48. The Morgan fingerprint density at radius 1 is 1.42 bits per heavy atom.